The van der Waals surface area contributed by atoms with Gasteiger partial charge in [0.05, 0.1) is 17.8 Å². The second kappa shape index (κ2) is 5.97. The number of hydrogen-bond donors (Lipinski definition) is 1. The van der Waals surface area contributed by atoms with Gasteiger partial charge in [-0.05, 0) is 26.0 Å². The zero-order valence-electron chi connectivity index (χ0n) is 12.8. The molecule has 2 N–H and O–H groups in total. The van der Waals surface area contributed by atoms with Crippen LogP contribution in [0.2, 0.25) is 5.02 Å². The van der Waals surface area contributed by atoms with Gasteiger partial charge in [0.25, 0.3) is 0 Å². The van der Waals surface area contributed by atoms with Crippen LogP contribution < -0.4 is 10.5 Å². The Morgan fingerprint density at radius 1 is 1.41 bits per heavy atom. The van der Waals surface area contributed by atoms with E-state index in [1.807, 2.05) is 0 Å². The maximum atomic E-state index is 12.5. The molecule has 1 aliphatic carbocycles. The molecule has 0 aromatic heterocycles. The van der Waals surface area contributed by atoms with Gasteiger partial charge < -0.3 is 20.1 Å². The number of nitrogens with two attached hydrogens (primary N) is 1. The highest BCUT2D eigenvalue weighted by molar-refractivity contribution is 6.33. The molecular weight excluding hydrogens is 304 g/mol. The van der Waals surface area contributed by atoms with Crippen LogP contribution in [0, 0.1) is 5.92 Å². The third-order valence-corrected chi connectivity index (χ3v) is 5.17. The first-order valence-electron chi connectivity index (χ1n) is 7.53. The predicted molar refractivity (Wildman–Crippen MR) is 85.4 cm³/mol. The van der Waals surface area contributed by atoms with E-state index in [0.29, 0.717) is 34.0 Å². The van der Waals surface area contributed by atoms with Gasteiger partial charge in [0.1, 0.15) is 17.4 Å². The van der Waals surface area contributed by atoms with Crippen molar-refractivity contribution >= 4 is 23.3 Å². The van der Waals surface area contributed by atoms with Crippen molar-refractivity contribution in [3.63, 3.8) is 0 Å². The largest absolute Gasteiger partial charge is 0.496 e. The van der Waals surface area contributed by atoms with Crippen LogP contribution >= 0.6 is 11.6 Å². The number of anilines is 1. The smallest absolute Gasteiger partial charge is 0.342 e. The van der Waals surface area contributed by atoms with Crippen LogP contribution in [0.3, 0.4) is 0 Å². The Hall–Kier alpha value is -1.46. The number of fused-ring (bicyclic) bond motifs is 3. The van der Waals surface area contributed by atoms with E-state index in [4.69, 9.17) is 26.8 Å². The molecule has 1 saturated carbocycles. The standard InChI is InChI=1S/C16H21ClN2O3/c1-19-8-9-3-4-10(19)5-14(9)22-16(20)11-6-12(17)13(18)7-15(11)21-2/h6-7,9-10,14H,3-5,8,18H2,1-2H3/t9-,10-,14+/m1/s1. The Labute approximate surface area is 135 Å². The fraction of sp³-hybridized carbons (Fsp3) is 0.562. The Morgan fingerprint density at radius 2 is 2.18 bits per heavy atom. The van der Waals surface area contributed by atoms with E-state index in [2.05, 4.69) is 11.9 Å². The van der Waals surface area contributed by atoms with E-state index in [-0.39, 0.29) is 12.1 Å². The van der Waals surface area contributed by atoms with Crippen molar-refractivity contribution in [2.75, 3.05) is 26.4 Å². The molecule has 0 radical (unpaired) electrons. The van der Waals surface area contributed by atoms with E-state index in [1.54, 1.807) is 6.07 Å². The maximum Gasteiger partial charge on any atom is 0.342 e. The number of piperidine rings is 2. The highest BCUT2D eigenvalue weighted by Crippen LogP contribution is 2.37. The van der Waals surface area contributed by atoms with Crippen LogP contribution in [0.1, 0.15) is 29.6 Å². The molecule has 0 amide bonds. The summed E-state index contributed by atoms with van der Waals surface area (Å²) in [5.41, 5.74) is 6.46. The number of esters is 1. The molecule has 3 atom stereocenters. The summed E-state index contributed by atoms with van der Waals surface area (Å²) in [5, 5.41) is 0.331. The van der Waals surface area contributed by atoms with Gasteiger partial charge in [-0.3, -0.25) is 0 Å². The fourth-order valence-corrected chi connectivity index (χ4v) is 3.71. The molecule has 3 fully saturated rings. The van der Waals surface area contributed by atoms with Crippen LogP contribution in [-0.2, 0) is 4.74 Å². The number of carbonyl (C=O) groups excluding carboxylic acids is 1. The molecule has 1 aromatic carbocycles. The van der Waals surface area contributed by atoms with Crippen molar-refractivity contribution in [2.45, 2.75) is 31.4 Å². The van der Waals surface area contributed by atoms with Gasteiger partial charge in [-0.25, -0.2) is 4.79 Å². The number of nitrogen functional groups attached to an aromatic ring is 1. The first-order valence-corrected chi connectivity index (χ1v) is 7.91. The van der Waals surface area contributed by atoms with Gasteiger partial charge in [-0.2, -0.15) is 0 Å². The summed E-state index contributed by atoms with van der Waals surface area (Å²) in [6, 6.07) is 3.59. The Morgan fingerprint density at radius 3 is 2.77 bits per heavy atom. The molecule has 2 saturated heterocycles. The van der Waals surface area contributed by atoms with Gasteiger partial charge in [0.15, 0.2) is 0 Å². The molecule has 2 heterocycles. The molecule has 1 aromatic rings. The van der Waals surface area contributed by atoms with Gasteiger partial charge >= 0.3 is 5.97 Å². The minimum atomic E-state index is -0.390. The van der Waals surface area contributed by atoms with Crippen LogP contribution in [0.15, 0.2) is 12.1 Å². The molecule has 2 bridgehead atoms. The number of carbonyl (C=O) groups is 1. The zero-order chi connectivity index (χ0) is 15.9. The third kappa shape index (κ3) is 2.75. The Kier molecular flexibility index (Phi) is 4.19. The van der Waals surface area contributed by atoms with Gasteiger partial charge in [0.2, 0.25) is 0 Å². The summed E-state index contributed by atoms with van der Waals surface area (Å²) in [4.78, 5) is 14.9. The Balaban J connectivity index is 1.77. The fourth-order valence-electron chi connectivity index (χ4n) is 3.54. The van der Waals surface area contributed by atoms with Gasteiger partial charge in [0, 0.05) is 31.0 Å². The van der Waals surface area contributed by atoms with E-state index in [9.17, 15) is 4.79 Å². The number of hydrogen-bond acceptors (Lipinski definition) is 5. The molecule has 3 aliphatic rings. The predicted octanol–water partition coefficient (Wildman–Crippen LogP) is 2.57. The number of rotatable bonds is 3. The van der Waals surface area contributed by atoms with E-state index in [1.165, 1.54) is 19.6 Å². The highest BCUT2D eigenvalue weighted by Gasteiger charge is 2.41. The molecular formula is C16H21ClN2O3. The first-order chi connectivity index (χ1) is 10.5. The molecule has 0 unspecified atom stereocenters. The molecule has 120 valence electrons. The SMILES string of the molecule is COc1cc(N)c(Cl)cc1C(=O)O[C@H]1C[C@H]2CC[C@@H]1CN2C. The van der Waals surface area contributed by atoms with Crippen LogP contribution in [0.4, 0.5) is 5.69 Å². The average molecular weight is 325 g/mol. The number of halogens is 1. The number of methoxy groups -OCH3 is 1. The molecule has 6 heteroatoms. The minimum Gasteiger partial charge on any atom is -0.496 e. The van der Waals surface area contributed by atoms with Crippen molar-refractivity contribution in [3.05, 3.63) is 22.7 Å². The average Bonchev–Trinajstić information content (AvgIpc) is 2.50. The topological polar surface area (TPSA) is 64.8 Å². The van der Waals surface area contributed by atoms with Gasteiger partial charge in [-0.1, -0.05) is 11.6 Å². The zero-order valence-corrected chi connectivity index (χ0v) is 13.6. The summed E-state index contributed by atoms with van der Waals surface area (Å²) in [6.07, 6.45) is 3.18. The molecule has 4 rings (SSSR count). The number of nitrogens with zero attached hydrogens (tertiary/aromatic N) is 1. The van der Waals surface area contributed by atoms with Crippen molar-refractivity contribution in [1.82, 2.24) is 4.90 Å². The Bertz CT molecular complexity index is 593. The molecule has 0 spiro atoms. The number of benzene rings is 1. The lowest BCUT2D eigenvalue weighted by Gasteiger charge is -2.47. The summed E-state index contributed by atoms with van der Waals surface area (Å²) in [6.45, 7) is 0.988. The summed E-state index contributed by atoms with van der Waals surface area (Å²) < 4.78 is 11.0. The summed E-state index contributed by atoms with van der Waals surface area (Å²) in [7, 11) is 3.63. The van der Waals surface area contributed by atoms with Crippen LogP contribution in [-0.4, -0.2) is 43.7 Å². The first kappa shape index (κ1) is 15.4. The lowest BCUT2D eigenvalue weighted by Crippen LogP contribution is -2.53. The quantitative estimate of drug-likeness (QED) is 0.684. The van der Waals surface area contributed by atoms with Crippen LogP contribution in [0.25, 0.3) is 0 Å². The summed E-state index contributed by atoms with van der Waals surface area (Å²) >= 11 is 6.02. The number of ether oxygens (including phenoxy) is 2. The van der Waals surface area contributed by atoms with Crippen molar-refractivity contribution in [3.8, 4) is 5.75 Å². The van der Waals surface area contributed by atoms with Crippen molar-refractivity contribution < 1.29 is 14.3 Å². The highest BCUT2D eigenvalue weighted by atomic mass is 35.5. The van der Waals surface area contributed by atoms with E-state index >= 15 is 0 Å². The third-order valence-electron chi connectivity index (χ3n) is 4.84. The lowest BCUT2D eigenvalue weighted by atomic mass is 9.78. The second-order valence-corrected chi connectivity index (χ2v) is 6.59. The van der Waals surface area contributed by atoms with Crippen LogP contribution in [0.5, 0.6) is 5.75 Å². The normalized spacial score (nSPS) is 27.7. The van der Waals surface area contributed by atoms with Gasteiger partial charge in [-0.15, -0.1) is 0 Å². The molecule has 5 nitrogen and oxygen atoms in total. The second-order valence-electron chi connectivity index (χ2n) is 6.18. The minimum absolute atomic E-state index is 0.0246. The maximum absolute atomic E-state index is 12.5. The lowest BCUT2D eigenvalue weighted by molar-refractivity contribution is -0.0559. The molecule has 2 aliphatic heterocycles. The monoisotopic (exact) mass is 324 g/mol. The van der Waals surface area contributed by atoms with E-state index < -0.39 is 0 Å². The van der Waals surface area contributed by atoms with Crippen molar-refractivity contribution in [2.24, 2.45) is 5.92 Å². The molecule has 22 heavy (non-hydrogen) atoms. The van der Waals surface area contributed by atoms with Crippen molar-refractivity contribution in [1.29, 1.82) is 0 Å². The summed E-state index contributed by atoms with van der Waals surface area (Å²) in [5.74, 6) is 0.415. The van der Waals surface area contributed by atoms with E-state index in [0.717, 1.165) is 19.4 Å².